The van der Waals surface area contributed by atoms with Gasteiger partial charge >= 0.3 is 5.65 Å². The molecule has 1 aliphatic rings. The van der Waals surface area contributed by atoms with Crippen LogP contribution in [0.15, 0.2) is 78.7 Å². The predicted molar refractivity (Wildman–Crippen MR) is 195 cm³/mol. The van der Waals surface area contributed by atoms with Crippen LogP contribution >= 0.6 is 0 Å². The Morgan fingerprint density at radius 2 is 1.11 bits per heavy atom. The van der Waals surface area contributed by atoms with E-state index in [9.17, 15) is 0 Å². The Bertz CT molecular complexity index is 1850. The number of para-hydroxylation sites is 4. The first-order valence-electron chi connectivity index (χ1n) is 17.2. The molecule has 2 aromatic carbocycles. The Morgan fingerprint density at radius 1 is 0.596 bits per heavy atom. The third-order valence-corrected chi connectivity index (χ3v) is 8.10. The zero-order valence-electron chi connectivity index (χ0n) is 29.2. The van der Waals surface area contributed by atoms with Gasteiger partial charge in [0.15, 0.2) is 17.2 Å². The Morgan fingerprint density at radius 3 is 1.62 bits per heavy atom. The van der Waals surface area contributed by atoms with E-state index in [1.165, 1.54) is 0 Å². The molecule has 8 nitrogen and oxygen atoms in total. The molecule has 0 saturated heterocycles. The molecule has 0 aliphatic carbocycles. The monoisotopic (exact) mass is 629 g/mol. The molecule has 0 unspecified atom stereocenters. The molecule has 4 heterocycles. The number of nitrogens with zero attached hydrogens (tertiary/aromatic N) is 8. The summed E-state index contributed by atoms with van der Waals surface area (Å²) in [5, 5.41) is 0. The molecule has 0 fully saturated rings. The van der Waals surface area contributed by atoms with Crippen LogP contribution in [-0.4, -0.2) is 37.6 Å². The summed E-state index contributed by atoms with van der Waals surface area (Å²) in [6.07, 6.45) is 10.8. The van der Waals surface area contributed by atoms with E-state index >= 15 is 0 Å². The lowest BCUT2D eigenvalue weighted by atomic mass is 10.2. The van der Waals surface area contributed by atoms with Crippen LogP contribution in [0.5, 0.6) is 0 Å². The first kappa shape index (κ1) is 32.4. The van der Waals surface area contributed by atoms with Crippen LogP contribution in [0.3, 0.4) is 0 Å². The number of hydrogen-bond acceptors (Lipinski definition) is 6. The second-order valence-corrected chi connectivity index (χ2v) is 14.4. The van der Waals surface area contributed by atoms with Crippen molar-refractivity contribution in [1.82, 2.24) is 24.5 Å². The topological polar surface area (TPSA) is 66.9 Å². The van der Waals surface area contributed by atoms with Gasteiger partial charge in [-0.1, -0.05) is 103 Å². The number of allylic oxidation sites excluding steroid dienone is 4. The number of anilines is 2. The summed E-state index contributed by atoms with van der Waals surface area (Å²) in [4.78, 5) is 25.1. The summed E-state index contributed by atoms with van der Waals surface area (Å²) in [5.74, 6) is 5.95. The molecule has 5 aromatic rings. The number of rotatable bonds is 11. The first-order chi connectivity index (χ1) is 22.6. The Balaban J connectivity index is 1.40. The van der Waals surface area contributed by atoms with Crippen molar-refractivity contribution in [2.75, 3.05) is 22.9 Å². The molecule has 1 aliphatic heterocycles. The van der Waals surface area contributed by atoms with E-state index < -0.39 is 0 Å². The van der Waals surface area contributed by atoms with Crippen LogP contribution in [0, 0.1) is 23.7 Å². The van der Waals surface area contributed by atoms with Gasteiger partial charge < -0.3 is 9.80 Å². The van der Waals surface area contributed by atoms with Crippen LogP contribution in [-0.2, 0) is 13.1 Å². The van der Waals surface area contributed by atoms with Crippen molar-refractivity contribution in [1.29, 1.82) is 0 Å². The predicted octanol–water partition coefficient (Wildman–Crippen LogP) is 8.18. The van der Waals surface area contributed by atoms with Gasteiger partial charge in [-0.05, 0) is 54.0 Å². The van der Waals surface area contributed by atoms with E-state index in [1.54, 1.807) is 0 Å². The van der Waals surface area contributed by atoms with Gasteiger partial charge in [0.05, 0.1) is 24.1 Å². The molecule has 0 N–H and O–H groups in total. The first-order valence-corrected chi connectivity index (χ1v) is 17.2. The van der Waals surface area contributed by atoms with Crippen LogP contribution in [0.4, 0.5) is 11.6 Å². The highest BCUT2D eigenvalue weighted by molar-refractivity contribution is 5.86. The van der Waals surface area contributed by atoms with Gasteiger partial charge in [0.1, 0.15) is 11.3 Å². The van der Waals surface area contributed by atoms with Crippen molar-refractivity contribution in [2.24, 2.45) is 23.7 Å². The highest BCUT2D eigenvalue weighted by atomic mass is 15.4. The summed E-state index contributed by atoms with van der Waals surface area (Å²) >= 11 is 0. The van der Waals surface area contributed by atoms with Gasteiger partial charge in [0.25, 0.3) is 5.65 Å². The fourth-order valence-electron chi connectivity index (χ4n) is 6.30. The molecule has 0 bridgehead atoms. The maximum atomic E-state index is 5.11. The minimum Gasteiger partial charge on any atom is -0.309 e. The molecule has 0 spiro atoms. The highest BCUT2D eigenvalue weighted by Crippen LogP contribution is 2.40. The molecule has 47 heavy (non-hydrogen) atoms. The lowest BCUT2D eigenvalue weighted by molar-refractivity contribution is -0.681. The summed E-state index contributed by atoms with van der Waals surface area (Å²) in [6, 6.07) is 16.3. The SMILES string of the molecule is CC(C)CN1C(=CC=CC=Cc2n(CC(C)C)c3nc4ccccc4nc3[n+]2CC(C)C)N(CC(C)C)c2nc3ccccc3nc21. The van der Waals surface area contributed by atoms with Crippen LogP contribution < -0.4 is 14.4 Å². The number of benzene rings is 2. The van der Waals surface area contributed by atoms with Crippen LogP contribution in [0.2, 0.25) is 0 Å². The van der Waals surface area contributed by atoms with Gasteiger partial charge in [-0.2, -0.15) is 0 Å². The van der Waals surface area contributed by atoms with Crippen molar-refractivity contribution < 1.29 is 4.57 Å². The van der Waals surface area contributed by atoms with E-state index in [2.05, 4.69) is 105 Å². The van der Waals surface area contributed by atoms with E-state index in [4.69, 9.17) is 19.9 Å². The summed E-state index contributed by atoms with van der Waals surface area (Å²) in [6.45, 7) is 21.5. The Kier molecular flexibility index (Phi) is 9.39. The minimum atomic E-state index is 0.459. The molecule has 6 rings (SSSR count). The van der Waals surface area contributed by atoms with Gasteiger partial charge in [-0.15, -0.1) is 0 Å². The van der Waals surface area contributed by atoms with E-state index in [1.807, 2.05) is 48.5 Å². The largest absolute Gasteiger partial charge is 0.323 e. The van der Waals surface area contributed by atoms with Gasteiger partial charge in [-0.25, -0.2) is 24.1 Å². The summed E-state index contributed by atoms with van der Waals surface area (Å²) < 4.78 is 4.68. The van der Waals surface area contributed by atoms with Gasteiger partial charge in [-0.3, -0.25) is 0 Å². The third kappa shape index (κ3) is 6.78. The molecular formula is C39H49N8+. The van der Waals surface area contributed by atoms with Crippen LogP contribution in [0.1, 0.15) is 61.2 Å². The average molecular weight is 630 g/mol. The zero-order valence-corrected chi connectivity index (χ0v) is 29.2. The maximum absolute atomic E-state index is 5.11. The molecule has 0 amide bonds. The Labute approximate surface area is 279 Å². The van der Waals surface area contributed by atoms with Crippen molar-refractivity contribution in [2.45, 2.75) is 68.5 Å². The lowest BCUT2D eigenvalue weighted by Crippen LogP contribution is -2.39. The van der Waals surface area contributed by atoms with E-state index in [0.29, 0.717) is 23.7 Å². The zero-order chi connectivity index (χ0) is 33.2. The third-order valence-electron chi connectivity index (χ3n) is 8.10. The van der Waals surface area contributed by atoms with Gasteiger partial charge in [0, 0.05) is 19.2 Å². The number of aromatic nitrogens is 6. The van der Waals surface area contributed by atoms with Crippen molar-refractivity contribution in [3.63, 3.8) is 0 Å². The quantitative estimate of drug-likeness (QED) is 0.108. The normalized spacial score (nSPS) is 13.9. The maximum Gasteiger partial charge on any atom is 0.323 e. The number of fused-ring (bicyclic) bond motifs is 4. The van der Waals surface area contributed by atoms with E-state index in [-0.39, 0.29) is 0 Å². The van der Waals surface area contributed by atoms with Crippen molar-refractivity contribution in [3.8, 4) is 0 Å². The smallest absolute Gasteiger partial charge is 0.309 e. The molecule has 244 valence electrons. The molecule has 0 atom stereocenters. The second-order valence-electron chi connectivity index (χ2n) is 14.4. The van der Waals surface area contributed by atoms with E-state index in [0.717, 1.165) is 82.8 Å². The summed E-state index contributed by atoms with van der Waals surface area (Å²) in [7, 11) is 0. The van der Waals surface area contributed by atoms with Crippen molar-refractivity contribution >= 4 is 51.1 Å². The molecule has 8 heteroatoms. The molecule has 3 aromatic heterocycles. The average Bonchev–Trinajstić information content (AvgIpc) is 3.43. The van der Waals surface area contributed by atoms with Crippen molar-refractivity contribution in [3.05, 3.63) is 84.5 Å². The van der Waals surface area contributed by atoms with Crippen LogP contribution in [0.25, 0.3) is 39.4 Å². The number of hydrogen-bond donors (Lipinski definition) is 0. The standard InChI is InChI=1S/C39H49N8/c1-26(2)22-44-34(45(23-27(3)4)37-36(44)40-30-16-12-13-17-31(30)41-37)20-10-9-11-21-35-46(24-28(5)6)38-39(47(35)25-29(7)8)43-33-19-15-14-18-32(33)42-38/h9-21,26-29H,22-25H2,1-8H3/q+1. The minimum absolute atomic E-state index is 0.459. The lowest BCUT2D eigenvalue weighted by Gasteiger charge is -2.26. The summed E-state index contributed by atoms with van der Waals surface area (Å²) in [5.41, 5.74) is 5.57. The number of imidazole rings is 1. The molecule has 0 radical (unpaired) electrons. The Hall–Kier alpha value is -4.59. The molecule has 0 saturated carbocycles. The fourth-order valence-corrected chi connectivity index (χ4v) is 6.30. The highest BCUT2D eigenvalue weighted by Gasteiger charge is 2.35. The molecular weight excluding hydrogens is 580 g/mol. The second kappa shape index (κ2) is 13.6. The van der Waals surface area contributed by atoms with Gasteiger partial charge in [0.2, 0.25) is 5.82 Å². The fraction of sp³-hybridized carbons (Fsp3) is 0.410.